The monoisotopic (exact) mass is 481 g/mol. The van der Waals surface area contributed by atoms with Gasteiger partial charge >= 0.3 is 6.09 Å². The Kier molecular flexibility index (Phi) is 8.38. The highest BCUT2D eigenvalue weighted by Crippen LogP contribution is 2.59. The summed E-state index contributed by atoms with van der Waals surface area (Å²) in [5, 5.41) is 4.96. The second-order valence-electron chi connectivity index (χ2n) is 10.1. The molecule has 0 aromatic heterocycles. The molecular formula is C24H39N3O7. The molecule has 3 unspecified atom stereocenters. The Morgan fingerprint density at radius 3 is 2.53 bits per heavy atom. The first-order valence-electron chi connectivity index (χ1n) is 11.9. The highest BCUT2D eigenvalue weighted by molar-refractivity contribution is 5.92. The van der Waals surface area contributed by atoms with Crippen LogP contribution in [0.3, 0.4) is 0 Å². The fraction of sp³-hybridized carbons (Fsp3) is 0.792. The molecule has 2 aliphatic heterocycles. The van der Waals surface area contributed by atoms with Gasteiger partial charge < -0.3 is 24.3 Å². The zero-order valence-electron chi connectivity index (χ0n) is 21.1. The van der Waals surface area contributed by atoms with E-state index in [2.05, 4.69) is 37.5 Å². The van der Waals surface area contributed by atoms with Crippen molar-refractivity contribution in [2.24, 2.45) is 5.92 Å². The van der Waals surface area contributed by atoms with Gasteiger partial charge in [-0.1, -0.05) is 11.6 Å². The number of allylic oxidation sites excluding steroid dienone is 1. The van der Waals surface area contributed by atoms with Gasteiger partial charge in [0.25, 0.3) is 0 Å². The van der Waals surface area contributed by atoms with Crippen LogP contribution in [0.1, 0.15) is 47.0 Å². The van der Waals surface area contributed by atoms with Crippen molar-refractivity contribution in [3.63, 3.8) is 0 Å². The molecule has 10 nitrogen and oxygen atoms in total. The molecule has 10 heteroatoms. The number of carbonyl (C=O) groups is 3. The molecule has 2 N–H and O–H groups in total. The first-order chi connectivity index (χ1) is 16.0. The van der Waals surface area contributed by atoms with Gasteiger partial charge in [0.15, 0.2) is 0 Å². The highest BCUT2D eigenvalue weighted by atomic mass is 16.6. The standard InChI is InChI=1S/C24H39N3O7/c1-15(2)7-8-18-23(4,34-18)21-20(31-6)17(9-10-24(21)14-32-24)33-22(30)26-19(29)13-27(5)12-11-25-16(3)28/h7,17-18,20-21H,8-14H2,1-6H3,(H,25,28)(H,26,29,30)/t17?,18-,20?,21?,23-,24+/m1/s1. The normalized spacial score (nSPS) is 33.9. The van der Waals surface area contributed by atoms with Crippen molar-refractivity contribution in [1.82, 2.24) is 15.5 Å². The topological polar surface area (TPSA) is 122 Å². The van der Waals surface area contributed by atoms with Gasteiger partial charge in [0, 0.05) is 27.1 Å². The maximum Gasteiger partial charge on any atom is 0.414 e. The van der Waals surface area contributed by atoms with Crippen molar-refractivity contribution >= 4 is 17.9 Å². The predicted octanol–water partition coefficient (Wildman–Crippen LogP) is 1.38. The number of likely N-dealkylation sites (N-methyl/N-ethyl adjacent to an activating group) is 1. The van der Waals surface area contributed by atoms with E-state index < -0.39 is 29.8 Å². The number of alkyl carbamates (subject to hydrolysis) is 1. The average Bonchev–Trinajstić information content (AvgIpc) is 3.64. The summed E-state index contributed by atoms with van der Waals surface area (Å²) < 4.78 is 23.6. The minimum atomic E-state index is -0.790. The van der Waals surface area contributed by atoms with Crippen molar-refractivity contribution in [3.05, 3.63) is 11.6 Å². The lowest BCUT2D eigenvalue weighted by Crippen LogP contribution is -2.56. The Morgan fingerprint density at radius 1 is 1.24 bits per heavy atom. The summed E-state index contributed by atoms with van der Waals surface area (Å²) in [5.74, 6) is -0.687. The first-order valence-corrected chi connectivity index (χ1v) is 11.9. The number of nitrogens with zero attached hydrogens (tertiary/aromatic N) is 1. The maximum absolute atomic E-state index is 12.5. The van der Waals surface area contributed by atoms with Crippen LogP contribution in [0.2, 0.25) is 0 Å². The lowest BCUT2D eigenvalue weighted by atomic mass is 9.68. The molecule has 1 saturated carbocycles. The Labute approximate surface area is 201 Å². The predicted molar refractivity (Wildman–Crippen MR) is 124 cm³/mol. The number of imide groups is 1. The van der Waals surface area contributed by atoms with Gasteiger partial charge in [-0.3, -0.25) is 19.8 Å². The molecule has 3 aliphatic rings. The van der Waals surface area contributed by atoms with E-state index in [1.807, 2.05) is 0 Å². The van der Waals surface area contributed by atoms with Gasteiger partial charge in [0.05, 0.1) is 25.2 Å². The summed E-state index contributed by atoms with van der Waals surface area (Å²) in [6, 6.07) is 0. The van der Waals surface area contributed by atoms with Crippen LogP contribution < -0.4 is 10.6 Å². The number of amides is 3. The highest BCUT2D eigenvalue weighted by Gasteiger charge is 2.72. The average molecular weight is 482 g/mol. The molecule has 6 atom stereocenters. The molecule has 34 heavy (non-hydrogen) atoms. The van der Waals surface area contributed by atoms with Gasteiger partial charge in [0.1, 0.15) is 23.4 Å². The minimum absolute atomic E-state index is 0.00455. The van der Waals surface area contributed by atoms with Crippen LogP contribution in [-0.2, 0) is 28.5 Å². The molecule has 2 heterocycles. The van der Waals surface area contributed by atoms with E-state index in [9.17, 15) is 14.4 Å². The summed E-state index contributed by atoms with van der Waals surface area (Å²) >= 11 is 0. The molecule has 0 radical (unpaired) electrons. The SMILES string of the molecule is COC1C(OC(=O)NC(=O)CN(C)CCNC(C)=O)CC[C@]2(CO2)C1[C@]1(C)O[C@@H]1CC=C(C)C. The van der Waals surface area contributed by atoms with Gasteiger partial charge in [0.2, 0.25) is 11.8 Å². The molecule has 2 saturated heterocycles. The Hall–Kier alpha value is -2.01. The fourth-order valence-electron chi connectivity index (χ4n) is 5.14. The Morgan fingerprint density at radius 2 is 1.94 bits per heavy atom. The number of ether oxygens (including phenoxy) is 4. The van der Waals surface area contributed by atoms with E-state index >= 15 is 0 Å². The lowest BCUT2D eigenvalue weighted by Gasteiger charge is -2.42. The number of carbonyl (C=O) groups excluding carboxylic acids is 3. The maximum atomic E-state index is 12.5. The number of epoxide rings is 2. The molecule has 1 aliphatic carbocycles. The van der Waals surface area contributed by atoms with E-state index in [1.54, 1.807) is 19.1 Å². The molecule has 192 valence electrons. The van der Waals surface area contributed by atoms with Crippen molar-refractivity contribution in [2.45, 2.75) is 76.5 Å². The zero-order valence-corrected chi connectivity index (χ0v) is 21.1. The molecule has 1 spiro atoms. The van der Waals surface area contributed by atoms with Crippen LogP contribution >= 0.6 is 0 Å². The second-order valence-corrected chi connectivity index (χ2v) is 10.1. The van der Waals surface area contributed by atoms with Gasteiger partial charge in [-0.05, 0) is 47.1 Å². The van der Waals surface area contributed by atoms with E-state index in [-0.39, 0.29) is 30.1 Å². The largest absolute Gasteiger partial charge is 0.443 e. The third kappa shape index (κ3) is 6.35. The summed E-state index contributed by atoms with van der Waals surface area (Å²) in [4.78, 5) is 37.4. The van der Waals surface area contributed by atoms with E-state index in [0.717, 1.165) is 12.8 Å². The molecule has 3 amide bonds. The molecule has 0 aromatic rings. The zero-order chi connectivity index (χ0) is 25.1. The van der Waals surface area contributed by atoms with Gasteiger partial charge in [-0.2, -0.15) is 0 Å². The smallest absolute Gasteiger partial charge is 0.414 e. The van der Waals surface area contributed by atoms with E-state index in [0.29, 0.717) is 26.1 Å². The summed E-state index contributed by atoms with van der Waals surface area (Å²) in [5.41, 5.74) is 0.511. The fourth-order valence-corrected chi connectivity index (χ4v) is 5.14. The van der Waals surface area contributed by atoms with Crippen LogP contribution in [0.5, 0.6) is 0 Å². The van der Waals surface area contributed by atoms with Crippen LogP contribution in [0.25, 0.3) is 0 Å². The third-order valence-electron chi connectivity index (χ3n) is 7.02. The second kappa shape index (κ2) is 10.7. The lowest BCUT2D eigenvalue weighted by molar-refractivity contribution is -0.126. The van der Waals surface area contributed by atoms with E-state index in [1.165, 1.54) is 12.5 Å². The van der Waals surface area contributed by atoms with Gasteiger partial charge in [-0.25, -0.2) is 4.79 Å². The number of rotatable bonds is 10. The Balaban J connectivity index is 1.55. The van der Waals surface area contributed by atoms with Crippen LogP contribution in [0.4, 0.5) is 4.79 Å². The summed E-state index contributed by atoms with van der Waals surface area (Å²) in [6.45, 7) is 9.19. The third-order valence-corrected chi connectivity index (χ3v) is 7.02. The van der Waals surface area contributed by atoms with Crippen molar-refractivity contribution in [3.8, 4) is 0 Å². The number of hydrogen-bond donors (Lipinski definition) is 2. The van der Waals surface area contributed by atoms with E-state index in [4.69, 9.17) is 18.9 Å². The quantitative estimate of drug-likeness (QED) is 0.355. The van der Waals surface area contributed by atoms with Crippen LogP contribution in [0, 0.1) is 5.92 Å². The summed E-state index contributed by atoms with van der Waals surface area (Å²) in [7, 11) is 3.34. The van der Waals surface area contributed by atoms with Gasteiger partial charge in [-0.15, -0.1) is 0 Å². The minimum Gasteiger partial charge on any atom is -0.443 e. The number of hydrogen-bond acceptors (Lipinski definition) is 8. The van der Waals surface area contributed by atoms with Crippen molar-refractivity contribution < 1.29 is 33.3 Å². The number of nitrogens with one attached hydrogen (secondary N) is 2. The first kappa shape index (κ1) is 26.6. The molecule has 3 rings (SSSR count). The van der Waals surface area contributed by atoms with Crippen LogP contribution in [-0.4, -0.2) is 92.7 Å². The van der Waals surface area contributed by atoms with Crippen LogP contribution in [0.15, 0.2) is 11.6 Å². The number of methoxy groups -OCH3 is 1. The van der Waals surface area contributed by atoms with Crippen molar-refractivity contribution in [2.75, 3.05) is 40.4 Å². The summed E-state index contributed by atoms with van der Waals surface area (Å²) in [6.07, 6.45) is 2.67. The van der Waals surface area contributed by atoms with Crippen molar-refractivity contribution in [1.29, 1.82) is 0 Å². The molecule has 0 bridgehead atoms. The Bertz CT molecular complexity index is 808. The molecule has 3 fully saturated rings. The molecule has 0 aromatic carbocycles. The molecular weight excluding hydrogens is 442 g/mol.